The van der Waals surface area contributed by atoms with Crippen LogP contribution < -0.4 is 5.32 Å². The molecule has 0 aliphatic rings. The average Bonchev–Trinajstić information content (AvgIpc) is 3.33. The summed E-state index contributed by atoms with van der Waals surface area (Å²) in [5.74, 6) is -3.86. The van der Waals surface area contributed by atoms with Crippen molar-refractivity contribution in [2.24, 2.45) is 0 Å². The van der Waals surface area contributed by atoms with Crippen molar-refractivity contribution >= 4 is 27.7 Å². The zero-order valence-electron chi connectivity index (χ0n) is 19.3. The van der Waals surface area contributed by atoms with Crippen LogP contribution in [0.5, 0.6) is 0 Å². The Morgan fingerprint density at radius 3 is 2.46 bits per heavy atom. The van der Waals surface area contributed by atoms with Crippen LogP contribution in [-0.2, 0) is 11.8 Å². The highest BCUT2D eigenvalue weighted by Crippen LogP contribution is 2.45. The Bertz CT molecular complexity index is 1440. The number of nitrogens with one attached hydrogen (secondary N) is 1. The van der Waals surface area contributed by atoms with Crippen molar-refractivity contribution in [2.75, 3.05) is 5.32 Å². The second-order valence-corrected chi connectivity index (χ2v) is 8.84. The number of hydrogen-bond donors (Lipinski definition) is 3. The van der Waals surface area contributed by atoms with Gasteiger partial charge in [0.25, 0.3) is 17.4 Å². The fourth-order valence-corrected chi connectivity index (χ4v) is 3.93. The van der Waals surface area contributed by atoms with E-state index >= 15 is 0 Å². The number of carboxylic acid groups (broad SMARTS) is 1. The first-order chi connectivity index (χ1) is 18.1. The van der Waals surface area contributed by atoms with Crippen LogP contribution in [0.2, 0.25) is 0 Å². The molecule has 3 rings (SSSR count). The molecular weight excluding hydrogens is 604 g/mol. The summed E-state index contributed by atoms with van der Waals surface area (Å²) in [7, 11) is 0. The van der Waals surface area contributed by atoms with Crippen LogP contribution in [-0.4, -0.2) is 37.7 Å². The van der Waals surface area contributed by atoms with Crippen LogP contribution in [0.15, 0.2) is 51.9 Å². The summed E-state index contributed by atoms with van der Waals surface area (Å²) in [5, 5.41) is 37.7. The number of allylic oxidation sites excluding steroid dienone is 1. The van der Waals surface area contributed by atoms with Gasteiger partial charge in [-0.2, -0.15) is 31.6 Å². The molecule has 3 N–H and O–H groups in total. The van der Waals surface area contributed by atoms with Gasteiger partial charge in [0, 0.05) is 10.0 Å². The summed E-state index contributed by atoms with van der Waals surface area (Å²) in [5.41, 5.74) is -8.58. The molecule has 0 bridgehead atoms. The Kier molecular flexibility index (Phi) is 8.36. The monoisotopic (exact) mass is 619 g/mol. The van der Waals surface area contributed by atoms with Gasteiger partial charge in [-0.05, 0) is 31.0 Å². The first-order valence-electron chi connectivity index (χ1n) is 10.7. The van der Waals surface area contributed by atoms with Crippen LogP contribution in [0, 0.1) is 11.3 Å². The molecule has 0 saturated carbocycles. The molecule has 1 aromatic carbocycles. The average molecular weight is 620 g/mol. The molecule has 0 fully saturated rings. The number of benzene rings is 1. The van der Waals surface area contributed by atoms with Crippen molar-refractivity contribution < 1.29 is 45.8 Å². The van der Waals surface area contributed by atoms with E-state index in [1.54, 1.807) is 11.4 Å². The van der Waals surface area contributed by atoms with E-state index < -0.39 is 69.9 Å². The molecule has 206 valence electrons. The Balaban J connectivity index is 2.29. The molecule has 0 radical (unpaired) electrons. The van der Waals surface area contributed by atoms with Gasteiger partial charge in [-0.25, -0.2) is 9.78 Å². The van der Waals surface area contributed by atoms with E-state index in [2.05, 4.69) is 37.7 Å². The third-order valence-corrected chi connectivity index (χ3v) is 5.83. The zero-order valence-corrected chi connectivity index (χ0v) is 20.9. The number of alkyl halides is 6. The van der Waals surface area contributed by atoms with Crippen molar-refractivity contribution in [3.63, 3.8) is 0 Å². The minimum atomic E-state index is -5.42. The number of hydrogen-bond acceptors (Lipinski definition) is 7. The quantitative estimate of drug-likeness (QED) is 0.195. The maximum atomic E-state index is 14.1. The number of aliphatic hydroxyl groups is 1. The van der Waals surface area contributed by atoms with Gasteiger partial charge in [0.2, 0.25) is 0 Å². The topological polar surface area (TPSA) is 145 Å². The third-order valence-electron chi connectivity index (χ3n) is 5.33. The number of nitrogens with zero attached hydrogens (tertiary/aromatic N) is 4. The number of anilines is 1. The van der Waals surface area contributed by atoms with Gasteiger partial charge in [-0.15, -0.1) is 16.8 Å². The van der Waals surface area contributed by atoms with Gasteiger partial charge < -0.3 is 14.6 Å². The Hall–Kier alpha value is -3.97. The summed E-state index contributed by atoms with van der Waals surface area (Å²) in [6.07, 6.45) is -11.1. The molecule has 9 nitrogen and oxygen atoms in total. The molecule has 39 heavy (non-hydrogen) atoms. The molecule has 2 unspecified atom stereocenters. The number of aromatic nitrogens is 3. The highest BCUT2D eigenvalue weighted by molar-refractivity contribution is 9.10. The number of halogens is 7. The molecule has 2 aromatic heterocycles. The lowest BCUT2D eigenvalue weighted by Gasteiger charge is -2.27. The lowest BCUT2D eigenvalue weighted by molar-refractivity contribution is -0.255. The number of nitriles is 1. The van der Waals surface area contributed by atoms with Crippen molar-refractivity contribution in [1.82, 2.24) is 15.2 Å². The highest BCUT2D eigenvalue weighted by atomic mass is 79.9. The predicted octanol–water partition coefficient (Wildman–Crippen LogP) is 6.37. The van der Waals surface area contributed by atoms with Gasteiger partial charge in [-0.1, -0.05) is 34.1 Å². The van der Waals surface area contributed by atoms with Crippen molar-refractivity contribution in [3.8, 4) is 17.7 Å². The molecule has 0 saturated heterocycles. The normalized spacial score (nSPS) is 14.2. The van der Waals surface area contributed by atoms with E-state index in [1.165, 1.54) is 18.2 Å². The van der Waals surface area contributed by atoms with Crippen LogP contribution in [0.25, 0.3) is 11.6 Å². The number of rotatable bonds is 8. The van der Waals surface area contributed by atoms with E-state index in [0.717, 1.165) is 12.1 Å². The Morgan fingerprint density at radius 2 is 1.92 bits per heavy atom. The summed E-state index contributed by atoms with van der Waals surface area (Å²) in [4.78, 5) is 15.1. The molecular formula is C23H16BrF6N5O4. The highest BCUT2D eigenvalue weighted by Gasteiger charge is 2.60. The number of pyridine rings is 1. The van der Waals surface area contributed by atoms with Crippen LogP contribution in [0.4, 0.5) is 36.8 Å². The Labute approximate surface area is 223 Å². The molecule has 1 amide bonds. The smallest absolute Gasteiger partial charge is 0.430 e. The number of amides is 1. The van der Waals surface area contributed by atoms with Crippen molar-refractivity contribution in [1.29, 1.82) is 5.26 Å². The zero-order chi connectivity index (χ0) is 29.2. The van der Waals surface area contributed by atoms with Gasteiger partial charge in [0.1, 0.15) is 0 Å². The van der Waals surface area contributed by atoms with Gasteiger partial charge >= 0.3 is 18.4 Å². The summed E-state index contributed by atoms with van der Waals surface area (Å²) >= 11 is 2.99. The van der Waals surface area contributed by atoms with Gasteiger partial charge in [-0.3, -0.25) is 5.32 Å². The van der Waals surface area contributed by atoms with Crippen molar-refractivity contribution in [2.45, 2.75) is 36.7 Å². The minimum absolute atomic E-state index is 0.109. The predicted molar refractivity (Wildman–Crippen MR) is 125 cm³/mol. The summed E-state index contributed by atoms with van der Waals surface area (Å²) < 4.78 is 89.2. The fourth-order valence-electron chi connectivity index (χ4n) is 3.53. The molecule has 16 heteroatoms. The molecule has 0 aliphatic heterocycles. The van der Waals surface area contributed by atoms with E-state index in [9.17, 15) is 41.5 Å². The van der Waals surface area contributed by atoms with Gasteiger partial charge in [0.05, 0.1) is 28.9 Å². The second-order valence-electron chi connectivity index (χ2n) is 7.92. The maximum Gasteiger partial charge on any atom is 0.430 e. The van der Waals surface area contributed by atoms with E-state index in [1.807, 2.05) is 0 Å². The lowest BCUT2D eigenvalue weighted by Crippen LogP contribution is -2.43. The van der Waals surface area contributed by atoms with Gasteiger partial charge in [0.15, 0.2) is 5.69 Å². The summed E-state index contributed by atoms with van der Waals surface area (Å²) in [6.45, 7) is 3.44. The third kappa shape index (κ3) is 6.04. The molecule has 0 spiro atoms. The molecule has 2 heterocycles. The molecule has 0 aliphatic carbocycles. The van der Waals surface area contributed by atoms with E-state index in [0.29, 0.717) is 6.07 Å². The Morgan fingerprint density at radius 1 is 1.23 bits per heavy atom. The first kappa shape index (κ1) is 29.6. The van der Waals surface area contributed by atoms with Crippen LogP contribution in [0.1, 0.15) is 41.5 Å². The molecule has 3 aromatic rings. The fraction of sp³-hybridized carbons (Fsp3) is 0.261. The first-order valence-corrected chi connectivity index (χ1v) is 11.4. The largest absolute Gasteiger partial charge is 0.465 e. The van der Waals surface area contributed by atoms with Crippen LogP contribution in [0.3, 0.4) is 0 Å². The molecule has 2 atom stereocenters. The van der Waals surface area contributed by atoms with E-state index in [4.69, 9.17) is 9.52 Å². The second kappa shape index (κ2) is 11.0. The standard InChI is InChI=1S/C23H16BrF6N5O4/c1-2-3-5-11(10-31)16-14(22(25,26)27)9-15(32-20(36)37)17(33-16)18-34-35-19(39-18)21(38,23(28,29)30)12-6-4-7-13(24)8-12/h2,4,6-9,11,32,38H,1,3,5H2,(H,36,37). The number of carbonyl (C=O) groups is 1. The summed E-state index contributed by atoms with van der Waals surface area (Å²) in [6, 6.07) is 6.42. The maximum absolute atomic E-state index is 14.1. The minimum Gasteiger partial charge on any atom is -0.465 e. The van der Waals surface area contributed by atoms with E-state index in [-0.39, 0.29) is 17.3 Å². The lowest BCUT2D eigenvalue weighted by atomic mass is 9.93. The van der Waals surface area contributed by atoms with Crippen LogP contribution >= 0.6 is 15.9 Å². The van der Waals surface area contributed by atoms with Crippen molar-refractivity contribution in [3.05, 3.63) is 70.2 Å². The SMILES string of the molecule is C=CCCC(C#N)c1nc(-c2nnc(C(O)(c3cccc(Br)c3)C(F)(F)F)o2)c(NC(=O)O)cc1C(F)(F)F.